The molecule has 2 aromatic rings. The normalized spacial score (nSPS) is 11.7. The molecule has 0 saturated heterocycles. The van der Waals surface area contributed by atoms with Crippen LogP contribution in [0.1, 0.15) is 25.0 Å². The van der Waals surface area contributed by atoms with Crippen molar-refractivity contribution in [1.29, 1.82) is 0 Å². The third-order valence-electron chi connectivity index (χ3n) is 4.12. The molecular formula is C17H24N4O3S. The summed E-state index contributed by atoms with van der Waals surface area (Å²) < 4.78 is 28.4. The molecule has 2 rings (SSSR count). The minimum Gasteiger partial charge on any atom is -0.324 e. The highest BCUT2D eigenvalue weighted by molar-refractivity contribution is 7.89. The van der Waals surface area contributed by atoms with Crippen molar-refractivity contribution in [2.75, 3.05) is 18.4 Å². The third kappa shape index (κ3) is 4.26. The van der Waals surface area contributed by atoms with E-state index in [1.165, 1.54) is 15.1 Å². The van der Waals surface area contributed by atoms with Crippen LogP contribution in [0.2, 0.25) is 0 Å². The summed E-state index contributed by atoms with van der Waals surface area (Å²) in [6.07, 6.45) is 3.29. The molecule has 0 aliphatic carbocycles. The van der Waals surface area contributed by atoms with E-state index in [0.29, 0.717) is 18.8 Å². The molecule has 1 aromatic heterocycles. The third-order valence-corrected chi connectivity index (χ3v) is 6.15. The highest BCUT2D eigenvalue weighted by atomic mass is 32.2. The Hall–Kier alpha value is -2.19. The Morgan fingerprint density at radius 3 is 2.48 bits per heavy atom. The smallest absolute Gasteiger partial charge is 0.246 e. The Balaban J connectivity index is 2.33. The fraction of sp³-hybridized carbons (Fsp3) is 0.412. The van der Waals surface area contributed by atoms with Gasteiger partial charge >= 0.3 is 0 Å². The van der Waals surface area contributed by atoms with Gasteiger partial charge in [-0.1, -0.05) is 13.8 Å². The molecule has 25 heavy (non-hydrogen) atoms. The van der Waals surface area contributed by atoms with Gasteiger partial charge < -0.3 is 5.32 Å². The average Bonchev–Trinajstić information content (AvgIpc) is 3.05. The summed E-state index contributed by atoms with van der Waals surface area (Å²) in [5, 5.41) is 6.79. The van der Waals surface area contributed by atoms with Crippen LogP contribution in [0.3, 0.4) is 0 Å². The van der Waals surface area contributed by atoms with Gasteiger partial charge in [0, 0.05) is 31.2 Å². The summed E-state index contributed by atoms with van der Waals surface area (Å²) in [5.41, 5.74) is 2.15. The molecule has 0 unspecified atom stereocenters. The Morgan fingerprint density at radius 1 is 1.24 bits per heavy atom. The van der Waals surface area contributed by atoms with Crippen molar-refractivity contribution in [3.8, 4) is 0 Å². The van der Waals surface area contributed by atoms with E-state index >= 15 is 0 Å². The molecule has 1 N–H and O–H groups in total. The van der Waals surface area contributed by atoms with Gasteiger partial charge in [0.25, 0.3) is 0 Å². The van der Waals surface area contributed by atoms with Gasteiger partial charge in [0.1, 0.15) is 6.54 Å². The second kappa shape index (κ2) is 7.79. The van der Waals surface area contributed by atoms with Gasteiger partial charge in [-0.3, -0.25) is 9.48 Å². The Kier molecular flexibility index (Phi) is 5.97. The number of rotatable bonds is 7. The summed E-state index contributed by atoms with van der Waals surface area (Å²) >= 11 is 0. The molecule has 1 amide bonds. The summed E-state index contributed by atoms with van der Waals surface area (Å²) in [6, 6.07) is 4.91. The number of carbonyl (C=O) groups is 1. The molecule has 0 saturated carbocycles. The lowest BCUT2D eigenvalue weighted by molar-refractivity contribution is -0.116. The van der Waals surface area contributed by atoms with Crippen molar-refractivity contribution < 1.29 is 13.2 Å². The molecule has 0 fully saturated rings. The minimum absolute atomic E-state index is 0.0680. The number of hydrogen-bond donors (Lipinski definition) is 1. The molecule has 1 heterocycles. The number of amides is 1. The second-order valence-electron chi connectivity index (χ2n) is 5.75. The molecule has 136 valence electrons. The number of anilines is 1. The fourth-order valence-corrected chi connectivity index (χ4v) is 4.12. The zero-order chi connectivity index (χ0) is 18.6. The lowest BCUT2D eigenvalue weighted by Gasteiger charge is -2.20. The molecule has 1 aromatic carbocycles. The van der Waals surface area contributed by atoms with Crippen molar-refractivity contribution in [2.45, 2.75) is 39.1 Å². The van der Waals surface area contributed by atoms with Gasteiger partial charge in [-0.05, 0) is 43.2 Å². The van der Waals surface area contributed by atoms with Gasteiger partial charge in [-0.25, -0.2) is 8.42 Å². The quantitative estimate of drug-likeness (QED) is 0.816. The van der Waals surface area contributed by atoms with E-state index < -0.39 is 10.0 Å². The Labute approximate surface area is 148 Å². The van der Waals surface area contributed by atoms with Crippen LogP contribution >= 0.6 is 0 Å². The zero-order valence-electron chi connectivity index (χ0n) is 15.0. The Morgan fingerprint density at radius 2 is 1.92 bits per heavy atom. The number of sulfonamides is 1. The Bertz CT molecular complexity index is 841. The largest absolute Gasteiger partial charge is 0.324 e. The maximum Gasteiger partial charge on any atom is 0.246 e. The van der Waals surface area contributed by atoms with Crippen LogP contribution in [0.25, 0.3) is 0 Å². The van der Waals surface area contributed by atoms with Crippen molar-refractivity contribution in [3.63, 3.8) is 0 Å². The van der Waals surface area contributed by atoms with E-state index in [4.69, 9.17) is 0 Å². The number of carbonyl (C=O) groups excluding carboxylic acids is 1. The summed E-state index contributed by atoms with van der Waals surface area (Å²) in [5.74, 6) is -0.261. The first-order chi connectivity index (χ1) is 11.8. The molecule has 8 heteroatoms. The predicted octanol–water partition coefficient (Wildman–Crippen LogP) is 2.17. The first-order valence-corrected chi connectivity index (χ1v) is 9.62. The van der Waals surface area contributed by atoms with Gasteiger partial charge in [0.15, 0.2) is 0 Å². The lowest BCUT2D eigenvalue weighted by atomic mass is 10.1. The average molecular weight is 364 g/mol. The summed E-state index contributed by atoms with van der Waals surface area (Å²) in [6.45, 7) is 8.15. The highest BCUT2D eigenvalue weighted by Crippen LogP contribution is 2.26. The number of aromatic nitrogens is 2. The van der Waals surface area contributed by atoms with Gasteiger partial charge in [-0.2, -0.15) is 9.40 Å². The van der Waals surface area contributed by atoms with E-state index in [1.807, 2.05) is 13.8 Å². The lowest BCUT2D eigenvalue weighted by Crippen LogP contribution is -2.31. The predicted molar refractivity (Wildman–Crippen MR) is 96.9 cm³/mol. The van der Waals surface area contributed by atoms with Crippen molar-refractivity contribution in [1.82, 2.24) is 14.1 Å². The number of aryl methyl sites for hydroxylation is 1. The van der Waals surface area contributed by atoms with Gasteiger partial charge in [-0.15, -0.1) is 0 Å². The second-order valence-corrected chi connectivity index (χ2v) is 7.69. The minimum atomic E-state index is -3.58. The maximum atomic E-state index is 12.8. The maximum absolute atomic E-state index is 12.8. The SMILES string of the molecule is CCN(CC)S(=O)(=O)c1cc(C)c(C)c(NC(=O)Cn2cccn2)c1. The number of nitrogens with zero attached hydrogens (tertiary/aromatic N) is 3. The number of benzene rings is 1. The monoisotopic (exact) mass is 364 g/mol. The molecule has 0 aliphatic heterocycles. The van der Waals surface area contributed by atoms with E-state index in [1.54, 1.807) is 38.4 Å². The molecular weight excluding hydrogens is 340 g/mol. The van der Waals surface area contributed by atoms with Crippen LogP contribution < -0.4 is 5.32 Å². The standard InChI is InChI=1S/C17H24N4O3S/c1-5-21(6-2)25(23,24)15-10-13(3)14(4)16(11-15)19-17(22)12-20-9-7-8-18-20/h7-11H,5-6,12H2,1-4H3,(H,19,22). The van der Waals surface area contributed by atoms with Crippen molar-refractivity contribution in [3.05, 3.63) is 41.7 Å². The zero-order valence-corrected chi connectivity index (χ0v) is 15.8. The van der Waals surface area contributed by atoms with E-state index in [0.717, 1.165) is 11.1 Å². The van der Waals surface area contributed by atoms with E-state index in [9.17, 15) is 13.2 Å². The fourth-order valence-electron chi connectivity index (χ4n) is 2.55. The molecule has 0 atom stereocenters. The molecule has 7 nitrogen and oxygen atoms in total. The number of hydrogen-bond acceptors (Lipinski definition) is 4. The first kappa shape index (κ1) is 19.1. The van der Waals surface area contributed by atoms with Crippen LogP contribution in [0.15, 0.2) is 35.5 Å². The molecule has 0 radical (unpaired) electrons. The molecule has 0 aliphatic rings. The van der Waals surface area contributed by atoms with E-state index in [-0.39, 0.29) is 17.3 Å². The highest BCUT2D eigenvalue weighted by Gasteiger charge is 2.23. The summed E-state index contributed by atoms with van der Waals surface area (Å²) in [4.78, 5) is 12.4. The topological polar surface area (TPSA) is 84.3 Å². The first-order valence-electron chi connectivity index (χ1n) is 8.18. The molecule has 0 bridgehead atoms. The van der Waals surface area contributed by atoms with Crippen molar-refractivity contribution >= 4 is 21.6 Å². The number of nitrogens with one attached hydrogen (secondary N) is 1. The van der Waals surface area contributed by atoms with Gasteiger partial charge in [0.05, 0.1) is 4.90 Å². The van der Waals surface area contributed by atoms with Crippen LogP contribution in [0, 0.1) is 13.8 Å². The van der Waals surface area contributed by atoms with Crippen LogP contribution in [-0.4, -0.2) is 41.5 Å². The summed E-state index contributed by atoms with van der Waals surface area (Å²) in [7, 11) is -3.58. The van der Waals surface area contributed by atoms with E-state index in [2.05, 4.69) is 10.4 Å². The van der Waals surface area contributed by atoms with Crippen LogP contribution in [0.5, 0.6) is 0 Å². The molecule has 0 spiro atoms. The van der Waals surface area contributed by atoms with Gasteiger partial charge in [0.2, 0.25) is 15.9 Å². The van der Waals surface area contributed by atoms with Crippen molar-refractivity contribution in [2.24, 2.45) is 0 Å². The van der Waals surface area contributed by atoms with Crippen LogP contribution in [-0.2, 0) is 21.4 Å². The van der Waals surface area contributed by atoms with Crippen LogP contribution in [0.4, 0.5) is 5.69 Å².